The number of carboxylic acids is 1. The van der Waals surface area contributed by atoms with E-state index in [1.807, 2.05) is 24.3 Å². The Balaban J connectivity index is 1.42. The molecule has 2 saturated heterocycles. The average molecular weight is 529 g/mol. The van der Waals surface area contributed by atoms with Crippen molar-refractivity contribution >= 4 is 73.7 Å². The Bertz CT molecular complexity index is 1020. The van der Waals surface area contributed by atoms with Crippen LogP contribution in [-0.2, 0) is 20.8 Å². The molecule has 2 aliphatic rings. The van der Waals surface area contributed by atoms with E-state index in [-0.39, 0.29) is 30.2 Å². The topological polar surface area (TPSA) is 126 Å². The van der Waals surface area contributed by atoms with Crippen molar-refractivity contribution < 1.29 is 19.5 Å². The van der Waals surface area contributed by atoms with Crippen LogP contribution in [0.2, 0.25) is 0 Å². The van der Waals surface area contributed by atoms with Crippen LogP contribution in [-0.4, -0.2) is 61.2 Å². The number of thioether (sulfide) groups is 2. The summed E-state index contributed by atoms with van der Waals surface area (Å²) < 4.78 is -0.348. The first-order valence-corrected chi connectivity index (χ1v) is 12.4. The van der Waals surface area contributed by atoms with E-state index in [0.29, 0.717) is 16.6 Å². The predicted molar refractivity (Wildman–Crippen MR) is 120 cm³/mol. The third-order valence-electron chi connectivity index (χ3n) is 4.81. The summed E-state index contributed by atoms with van der Waals surface area (Å²) in [5.41, 5.74) is 6.14. The summed E-state index contributed by atoms with van der Waals surface area (Å²) in [6.45, 7) is 0.0832. The first kappa shape index (κ1) is 21.5. The molecule has 0 saturated carbocycles. The maximum atomic E-state index is 12.7. The van der Waals surface area contributed by atoms with Gasteiger partial charge in [-0.05, 0) is 28.1 Å². The normalized spacial score (nSPS) is 25.4. The Morgan fingerprint density at radius 1 is 1.43 bits per heavy atom. The molecular formula is C18H17BrN4O4S3. The molecule has 3 atom stereocenters. The standard InChI is InChI=1S/C18H17BrN4O4S3/c19-10-3-1-2-4-11(10)30-18(16(26)27)7-23-14(25)13(15(23)29-8-18)22-12(24)5-9-6-28-17(20)21-9/h1-4,6,13,15H,5,7-8H2,(H2,20,21)(H,22,24)(H,26,27)/t13?,15-,18?/m1/s1. The van der Waals surface area contributed by atoms with Gasteiger partial charge in [0.15, 0.2) is 5.13 Å². The van der Waals surface area contributed by atoms with Gasteiger partial charge < -0.3 is 21.1 Å². The Kier molecular flexibility index (Phi) is 6.02. The van der Waals surface area contributed by atoms with Crippen molar-refractivity contribution in [2.75, 3.05) is 18.0 Å². The molecule has 2 fully saturated rings. The molecule has 12 heteroatoms. The van der Waals surface area contributed by atoms with Gasteiger partial charge in [0, 0.05) is 27.0 Å². The van der Waals surface area contributed by atoms with E-state index in [2.05, 4.69) is 26.2 Å². The Morgan fingerprint density at radius 3 is 2.87 bits per heavy atom. The van der Waals surface area contributed by atoms with Gasteiger partial charge in [0.1, 0.15) is 16.2 Å². The van der Waals surface area contributed by atoms with Crippen molar-refractivity contribution in [1.82, 2.24) is 15.2 Å². The molecule has 3 heterocycles. The summed E-state index contributed by atoms with van der Waals surface area (Å²) in [7, 11) is 0. The molecule has 30 heavy (non-hydrogen) atoms. The SMILES string of the molecule is Nc1nc(CC(=O)NC2C(=O)N3CC(Sc4ccccc4Br)(C(=O)O)CS[C@H]23)cs1. The number of thiazole rings is 1. The van der Waals surface area contributed by atoms with E-state index in [4.69, 9.17) is 5.73 Å². The number of carbonyl (C=O) groups is 3. The van der Waals surface area contributed by atoms with Gasteiger partial charge in [0.25, 0.3) is 0 Å². The smallest absolute Gasteiger partial charge is 0.322 e. The molecule has 4 rings (SSSR count). The third kappa shape index (κ3) is 4.05. The van der Waals surface area contributed by atoms with Gasteiger partial charge in [-0.3, -0.25) is 14.4 Å². The zero-order valence-electron chi connectivity index (χ0n) is 15.4. The van der Waals surface area contributed by atoms with Crippen LogP contribution >= 0.6 is 50.8 Å². The number of aromatic nitrogens is 1. The highest BCUT2D eigenvalue weighted by atomic mass is 79.9. The number of β-lactam (4-membered cyclic amide) rings is 1. The van der Waals surface area contributed by atoms with Crippen molar-refractivity contribution in [3.63, 3.8) is 0 Å². The lowest BCUT2D eigenvalue weighted by Gasteiger charge is -2.53. The zero-order chi connectivity index (χ0) is 21.5. The maximum absolute atomic E-state index is 12.7. The van der Waals surface area contributed by atoms with Crippen LogP contribution in [0.1, 0.15) is 5.69 Å². The highest BCUT2D eigenvalue weighted by Gasteiger charge is 2.58. The number of hydrogen-bond donors (Lipinski definition) is 3. The van der Waals surface area contributed by atoms with Crippen molar-refractivity contribution in [1.29, 1.82) is 0 Å². The minimum Gasteiger partial charge on any atom is -0.480 e. The number of aliphatic carboxylic acids is 1. The number of amides is 2. The van der Waals surface area contributed by atoms with E-state index < -0.39 is 16.8 Å². The lowest BCUT2D eigenvalue weighted by atomic mass is 10.0. The molecule has 0 spiro atoms. The number of halogens is 1. The zero-order valence-corrected chi connectivity index (χ0v) is 19.4. The number of rotatable bonds is 6. The molecule has 1 aromatic carbocycles. The van der Waals surface area contributed by atoms with Gasteiger partial charge in [-0.2, -0.15) is 0 Å². The largest absolute Gasteiger partial charge is 0.480 e. The van der Waals surface area contributed by atoms with Gasteiger partial charge in [-0.25, -0.2) is 4.98 Å². The first-order chi connectivity index (χ1) is 14.3. The number of carboxylic acid groups (broad SMARTS) is 1. The number of anilines is 1. The highest BCUT2D eigenvalue weighted by Crippen LogP contribution is 2.47. The minimum absolute atomic E-state index is 0.0474. The second-order valence-corrected chi connectivity index (χ2v) is 11.2. The number of hydrogen-bond acceptors (Lipinski definition) is 8. The molecule has 2 aliphatic heterocycles. The van der Waals surface area contributed by atoms with Crippen LogP contribution in [0.4, 0.5) is 5.13 Å². The fourth-order valence-corrected chi connectivity index (χ4v) is 7.26. The van der Waals surface area contributed by atoms with E-state index in [1.165, 1.54) is 39.8 Å². The second-order valence-electron chi connectivity index (χ2n) is 6.90. The highest BCUT2D eigenvalue weighted by molar-refractivity contribution is 9.10. The number of nitrogens with one attached hydrogen (secondary N) is 1. The van der Waals surface area contributed by atoms with Crippen LogP contribution < -0.4 is 11.1 Å². The number of fused-ring (bicyclic) bond motifs is 1. The van der Waals surface area contributed by atoms with Crippen molar-refractivity contribution in [2.45, 2.75) is 27.5 Å². The molecule has 0 radical (unpaired) electrons. The van der Waals surface area contributed by atoms with Gasteiger partial charge in [0.2, 0.25) is 11.8 Å². The molecule has 2 unspecified atom stereocenters. The number of carbonyl (C=O) groups excluding carboxylic acids is 2. The minimum atomic E-state index is -1.16. The fourth-order valence-electron chi connectivity index (χ4n) is 3.32. The van der Waals surface area contributed by atoms with E-state index in [0.717, 1.165) is 9.37 Å². The lowest BCUT2D eigenvalue weighted by Crippen LogP contribution is -2.74. The summed E-state index contributed by atoms with van der Waals surface area (Å²) >= 11 is 7.33. The average Bonchev–Trinajstić information content (AvgIpc) is 3.12. The van der Waals surface area contributed by atoms with Crippen molar-refractivity contribution in [3.05, 3.63) is 39.8 Å². The van der Waals surface area contributed by atoms with Gasteiger partial charge in [-0.15, -0.1) is 34.9 Å². The molecule has 8 nitrogen and oxygen atoms in total. The second kappa shape index (κ2) is 8.40. The Labute approximate surface area is 193 Å². The molecule has 158 valence electrons. The summed E-state index contributed by atoms with van der Waals surface area (Å²) in [6, 6.07) is 6.76. The van der Waals surface area contributed by atoms with Gasteiger partial charge in [0.05, 0.1) is 12.1 Å². The maximum Gasteiger partial charge on any atom is 0.322 e. The Morgan fingerprint density at radius 2 is 2.20 bits per heavy atom. The molecular weight excluding hydrogens is 512 g/mol. The van der Waals surface area contributed by atoms with Crippen LogP contribution in [0, 0.1) is 0 Å². The Hall–Kier alpha value is -1.76. The van der Waals surface area contributed by atoms with Crippen LogP contribution in [0.3, 0.4) is 0 Å². The first-order valence-electron chi connectivity index (χ1n) is 8.87. The summed E-state index contributed by atoms with van der Waals surface area (Å²) in [5.74, 6) is -1.22. The van der Waals surface area contributed by atoms with E-state index in [9.17, 15) is 19.5 Å². The van der Waals surface area contributed by atoms with Crippen LogP contribution in [0.15, 0.2) is 39.0 Å². The lowest BCUT2D eigenvalue weighted by molar-refractivity contribution is -0.152. The molecule has 2 amide bonds. The molecule has 0 bridgehead atoms. The fraction of sp³-hybridized carbons (Fsp3) is 0.333. The summed E-state index contributed by atoms with van der Waals surface area (Å²) in [6.07, 6.45) is 0.0474. The van der Waals surface area contributed by atoms with Crippen molar-refractivity contribution in [3.8, 4) is 0 Å². The van der Waals surface area contributed by atoms with Crippen molar-refractivity contribution in [2.24, 2.45) is 0 Å². The molecule has 0 aliphatic carbocycles. The van der Waals surface area contributed by atoms with E-state index >= 15 is 0 Å². The van der Waals surface area contributed by atoms with Crippen LogP contribution in [0.5, 0.6) is 0 Å². The molecule has 2 aromatic rings. The van der Waals surface area contributed by atoms with E-state index in [1.54, 1.807) is 5.38 Å². The number of nitrogens with two attached hydrogens (primary N) is 1. The predicted octanol–water partition coefficient (Wildman–Crippen LogP) is 2.05. The number of nitrogens with zero attached hydrogens (tertiary/aromatic N) is 2. The van der Waals surface area contributed by atoms with Gasteiger partial charge in [-0.1, -0.05) is 12.1 Å². The molecule has 1 aromatic heterocycles. The van der Waals surface area contributed by atoms with Gasteiger partial charge >= 0.3 is 5.97 Å². The number of nitrogen functional groups attached to an aromatic ring is 1. The number of benzene rings is 1. The summed E-state index contributed by atoms with van der Waals surface area (Å²) in [4.78, 5) is 43.5. The third-order valence-corrected chi connectivity index (χ3v) is 9.62. The molecule has 4 N–H and O–H groups in total. The van der Waals surface area contributed by atoms with Crippen LogP contribution in [0.25, 0.3) is 0 Å². The quantitative estimate of drug-likeness (QED) is 0.486. The monoisotopic (exact) mass is 528 g/mol. The summed E-state index contributed by atoms with van der Waals surface area (Å²) in [5, 5.41) is 14.5.